The van der Waals surface area contributed by atoms with E-state index in [1.165, 1.54) is 12.8 Å². The standard InChI is InChI=1S/C22H42O4/c1-18(2)12-6-8-15-21(23)25-17-11-10-14-20(5)26-22(24)16-9-7-13-19(3)4/h18-20H,6-17H2,1-5H3. The smallest absolute Gasteiger partial charge is 0.306 e. The topological polar surface area (TPSA) is 52.6 Å². The Bertz CT molecular complexity index is 363. The molecular formula is C22H42O4. The highest BCUT2D eigenvalue weighted by molar-refractivity contribution is 5.69. The Kier molecular flexibility index (Phi) is 15.5. The number of carbonyl (C=O) groups is 2. The van der Waals surface area contributed by atoms with Gasteiger partial charge in [0.2, 0.25) is 0 Å². The fourth-order valence-corrected chi connectivity index (χ4v) is 2.78. The average Bonchev–Trinajstić information content (AvgIpc) is 2.55. The van der Waals surface area contributed by atoms with Gasteiger partial charge in [0.15, 0.2) is 0 Å². The lowest BCUT2D eigenvalue weighted by Gasteiger charge is -2.13. The molecule has 0 aliphatic carbocycles. The number of hydrogen-bond donors (Lipinski definition) is 0. The molecule has 0 amide bonds. The molecule has 0 rings (SSSR count). The fourth-order valence-electron chi connectivity index (χ4n) is 2.78. The third-order valence-electron chi connectivity index (χ3n) is 4.43. The van der Waals surface area contributed by atoms with Gasteiger partial charge in [-0.05, 0) is 50.9 Å². The molecule has 0 saturated carbocycles. The Morgan fingerprint density at radius 3 is 1.69 bits per heavy atom. The van der Waals surface area contributed by atoms with Crippen LogP contribution in [0.4, 0.5) is 0 Å². The molecule has 1 unspecified atom stereocenters. The molecule has 0 aromatic rings. The molecule has 0 bridgehead atoms. The second kappa shape index (κ2) is 16.1. The molecule has 0 saturated heterocycles. The first-order valence-corrected chi connectivity index (χ1v) is 10.7. The molecule has 4 heteroatoms. The second-order valence-electron chi connectivity index (χ2n) is 8.30. The predicted molar refractivity (Wildman–Crippen MR) is 107 cm³/mol. The number of carbonyl (C=O) groups excluding carboxylic acids is 2. The summed E-state index contributed by atoms with van der Waals surface area (Å²) < 4.78 is 10.7. The number of rotatable bonds is 16. The van der Waals surface area contributed by atoms with E-state index in [-0.39, 0.29) is 18.0 Å². The first-order valence-electron chi connectivity index (χ1n) is 10.7. The first-order chi connectivity index (χ1) is 12.3. The third kappa shape index (κ3) is 17.8. The lowest BCUT2D eigenvalue weighted by atomic mass is 10.1. The summed E-state index contributed by atoms with van der Waals surface area (Å²) in [6, 6.07) is 0. The van der Waals surface area contributed by atoms with Gasteiger partial charge in [0.25, 0.3) is 0 Å². The summed E-state index contributed by atoms with van der Waals surface area (Å²) in [5.74, 6) is 1.21. The van der Waals surface area contributed by atoms with Gasteiger partial charge in [0.1, 0.15) is 0 Å². The van der Waals surface area contributed by atoms with E-state index in [0.29, 0.717) is 31.3 Å². The van der Waals surface area contributed by atoms with Crippen molar-refractivity contribution < 1.29 is 19.1 Å². The van der Waals surface area contributed by atoms with Crippen LogP contribution in [-0.2, 0) is 19.1 Å². The predicted octanol–water partition coefficient (Wildman–Crippen LogP) is 6.06. The SMILES string of the molecule is CC(C)CCCCC(=O)OCCCCC(C)OC(=O)CCCCC(C)C. The largest absolute Gasteiger partial charge is 0.466 e. The van der Waals surface area contributed by atoms with Crippen molar-refractivity contribution in [2.45, 2.75) is 111 Å². The van der Waals surface area contributed by atoms with Gasteiger partial charge in [-0.2, -0.15) is 0 Å². The third-order valence-corrected chi connectivity index (χ3v) is 4.43. The zero-order valence-electron chi connectivity index (χ0n) is 17.9. The van der Waals surface area contributed by atoms with Gasteiger partial charge in [-0.3, -0.25) is 9.59 Å². The van der Waals surface area contributed by atoms with Crippen LogP contribution in [0.2, 0.25) is 0 Å². The Balaban J connectivity index is 3.51. The molecule has 26 heavy (non-hydrogen) atoms. The van der Waals surface area contributed by atoms with E-state index in [1.54, 1.807) is 0 Å². The summed E-state index contributed by atoms with van der Waals surface area (Å²) >= 11 is 0. The Morgan fingerprint density at radius 2 is 1.15 bits per heavy atom. The molecule has 0 aliphatic heterocycles. The van der Waals surface area contributed by atoms with Crippen LogP contribution in [0, 0.1) is 11.8 Å². The highest BCUT2D eigenvalue weighted by atomic mass is 16.5. The highest BCUT2D eigenvalue weighted by Crippen LogP contribution is 2.11. The molecule has 0 heterocycles. The van der Waals surface area contributed by atoms with Crippen molar-refractivity contribution in [2.24, 2.45) is 11.8 Å². The Morgan fingerprint density at radius 1 is 0.654 bits per heavy atom. The van der Waals surface area contributed by atoms with Crippen molar-refractivity contribution >= 4 is 11.9 Å². The monoisotopic (exact) mass is 370 g/mol. The Hall–Kier alpha value is -1.06. The number of unbranched alkanes of at least 4 members (excludes halogenated alkanes) is 3. The molecule has 4 nitrogen and oxygen atoms in total. The zero-order valence-corrected chi connectivity index (χ0v) is 17.9. The molecule has 154 valence electrons. The normalized spacial score (nSPS) is 12.4. The minimum atomic E-state index is -0.0888. The van der Waals surface area contributed by atoms with Crippen LogP contribution < -0.4 is 0 Å². The van der Waals surface area contributed by atoms with Crippen molar-refractivity contribution in [3.05, 3.63) is 0 Å². The summed E-state index contributed by atoms with van der Waals surface area (Å²) in [4.78, 5) is 23.4. The minimum Gasteiger partial charge on any atom is -0.466 e. The van der Waals surface area contributed by atoms with E-state index in [0.717, 1.165) is 44.9 Å². The van der Waals surface area contributed by atoms with E-state index in [4.69, 9.17) is 9.47 Å². The Labute approximate surface area is 161 Å². The summed E-state index contributed by atoms with van der Waals surface area (Å²) in [6.45, 7) is 11.2. The van der Waals surface area contributed by atoms with Crippen molar-refractivity contribution in [3.63, 3.8) is 0 Å². The quantitative estimate of drug-likeness (QED) is 0.245. The van der Waals surface area contributed by atoms with Crippen LogP contribution in [-0.4, -0.2) is 24.6 Å². The maximum atomic E-state index is 11.8. The van der Waals surface area contributed by atoms with Gasteiger partial charge in [-0.15, -0.1) is 0 Å². The number of esters is 2. The van der Waals surface area contributed by atoms with Crippen LogP contribution in [0.25, 0.3) is 0 Å². The van der Waals surface area contributed by atoms with E-state index in [9.17, 15) is 9.59 Å². The van der Waals surface area contributed by atoms with Gasteiger partial charge in [-0.25, -0.2) is 0 Å². The summed E-state index contributed by atoms with van der Waals surface area (Å²) in [7, 11) is 0. The first kappa shape index (κ1) is 24.9. The van der Waals surface area contributed by atoms with Gasteiger partial charge in [0.05, 0.1) is 12.7 Å². The van der Waals surface area contributed by atoms with Gasteiger partial charge >= 0.3 is 11.9 Å². The molecular weight excluding hydrogens is 328 g/mol. The molecule has 0 N–H and O–H groups in total. The van der Waals surface area contributed by atoms with E-state index in [1.807, 2.05) is 6.92 Å². The van der Waals surface area contributed by atoms with E-state index in [2.05, 4.69) is 27.7 Å². The summed E-state index contributed by atoms with van der Waals surface area (Å²) in [5, 5.41) is 0. The number of ether oxygens (including phenoxy) is 2. The molecule has 0 spiro atoms. The van der Waals surface area contributed by atoms with Gasteiger partial charge in [-0.1, -0.05) is 53.4 Å². The van der Waals surface area contributed by atoms with E-state index >= 15 is 0 Å². The van der Waals surface area contributed by atoms with Crippen molar-refractivity contribution in [3.8, 4) is 0 Å². The highest BCUT2D eigenvalue weighted by Gasteiger charge is 2.10. The van der Waals surface area contributed by atoms with Crippen LogP contribution in [0.1, 0.15) is 105 Å². The van der Waals surface area contributed by atoms with Crippen LogP contribution in [0.15, 0.2) is 0 Å². The van der Waals surface area contributed by atoms with Gasteiger partial charge < -0.3 is 9.47 Å². The van der Waals surface area contributed by atoms with Crippen LogP contribution >= 0.6 is 0 Å². The number of hydrogen-bond acceptors (Lipinski definition) is 4. The second-order valence-corrected chi connectivity index (χ2v) is 8.30. The van der Waals surface area contributed by atoms with Gasteiger partial charge in [0, 0.05) is 12.8 Å². The molecule has 1 atom stereocenters. The maximum Gasteiger partial charge on any atom is 0.306 e. The van der Waals surface area contributed by atoms with Crippen molar-refractivity contribution in [1.82, 2.24) is 0 Å². The van der Waals surface area contributed by atoms with Crippen molar-refractivity contribution in [1.29, 1.82) is 0 Å². The molecule has 0 aromatic heterocycles. The summed E-state index contributed by atoms with van der Waals surface area (Å²) in [6.07, 6.45) is 9.89. The lowest BCUT2D eigenvalue weighted by molar-refractivity contribution is -0.148. The molecule has 0 aromatic carbocycles. The van der Waals surface area contributed by atoms with Crippen LogP contribution in [0.5, 0.6) is 0 Å². The molecule has 0 fully saturated rings. The fraction of sp³-hybridized carbons (Fsp3) is 0.909. The zero-order chi connectivity index (χ0) is 19.8. The summed E-state index contributed by atoms with van der Waals surface area (Å²) in [5.41, 5.74) is 0. The minimum absolute atomic E-state index is 0.0562. The maximum absolute atomic E-state index is 11.8. The average molecular weight is 371 g/mol. The molecule has 0 radical (unpaired) electrons. The molecule has 0 aliphatic rings. The lowest BCUT2D eigenvalue weighted by Crippen LogP contribution is -2.15. The van der Waals surface area contributed by atoms with E-state index < -0.39 is 0 Å². The van der Waals surface area contributed by atoms with Crippen LogP contribution in [0.3, 0.4) is 0 Å². The van der Waals surface area contributed by atoms with Crippen molar-refractivity contribution in [2.75, 3.05) is 6.61 Å².